The molecule has 8 heteroatoms. The number of para-hydroxylation sites is 1. The molecule has 0 bridgehead atoms. The SMILES string of the molecule is COCCS(=O)(=O)Nc1c(F)cccc1-n1cccn1. The molecule has 2 rings (SSSR count). The Morgan fingerprint density at radius 2 is 2.20 bits per heavy atom. The summed E-state index contributed by atoms with van der Waals surface area (Å²) in [6, 6.07) is 5.90. The highest BCUT2D eigenvalue weighted by Crippen LogP contribution is 2.24. The van der Waals surface area contributed by atoms with Gasteiger partial charge in [-0.1, -0.05) is 6.07 Å². The molecule has 0 fully saturated rings. The minimum Gasteiger partial charge on any atom is -0.384 e. The van der Waals surface area contributed by atoms with E-state index in [1.807, 2.05) is 0 Å². The Labute approximate surface area is 116 Å². The van der Waals surface area contributed by atoms with Crippen molar-refractivity contribution in [1.29, 1.82) is 0 Å². The zero-order chi connectivity index (χ0) is 14.6. The van der Waals surface area contributed by atoms with E-state index >= 15 is 0 Å². The number of methoxy groups -OCH3 is 1. The summed E-state index contributed by atoms with van der Waals surface area (Å²) in [4.78, 5) is 0. The molecular weight excluding hydrogens is 285 g/mol. The van der Waals surface area contributed by atoms with Gasteiger partial charge in [0.05, 0.1) is 18.0 Å². The molecule has 0 saturated heterocycles. The number of anilines is 1. The lowest BCUT2D eigenvalue weighted by Crippen LogP contribution is -2.21. The van der Waals surface area contributed by atoms with Crippen molar-refractivity contribution in [2.24, 2.45) is 0 Å². The van der Waals surface area contributed by atoms with Gasteiger partial charge >= 0.3 is 0 Å². The average Bonchev–Trinajstić information content (AvgIpc) is 2.92. The van der Waals surface area contributed by atoms with Crippen LogP contribution >= 0.6 is 0 Å². The number of hydrogen-bond donors (Lipinski definition) is 1. The van der Waals surface area contributed by atoms with Crippen molar-refractivity contribution in [3.63, 3.8) is 0 Å². The zero-order valence-corrected chi connectivity index (χ0v) is 11.6. The summed E-state index contributed by atoms with van der Waals surface area (Å²) >= 11 is 0. The highest BCUT2D eigenvalue weighted by atomic mass is 32.2. The maximum atomic E-state index is 13.9. The Morgan fingerprint density at radius 3 is 2.85 bits per heavy atom. The lowest BCUT2D eigenvalue weighted by Gasteiger charge is -2.13. The molecule has 0 atom stereocenters. The fourth-order valence-electron chi connectivity index (χ4n) is 1.62. The maximum Gasteiger partial charge on any atom is 0.235 e. The summed E-state index contributed by atoms with van der Waals surface area (Å²) in [6.07, 6.45) is 3.12. The largest absolute Gasteiger partial charge is 0.384 e. The summed E-state index contributed by atoms with van der Waals surface area (Å²) in [5, 5.41) is 3.97. The van der Waals surface area contributed by atoms with E-state index in [1.54, 1.807) is 18.3 Å². The molecule has 0 aliphatic carbocycles. The molecule has 1 heterocycles. The van der Waals surface area contributed by atoms with Crippen LogP contribution in [0.5, 0.6) is 0 Å². The molecule has 1 aromatic heterocycles. The number of ether oxygens (including phenoxy) is 1. The summed E-state index contributed by atoms with van der Waals surface area (Å²) in [5.74, 6) is -0.921. The highest BCUT2D eigenvalue weighted by molar-refractivity contribution is 7.92. The van der Waals surface area contributed by atoms with Crippen LogP contribution in [0.3, 0.4) is 0 Å². The summed E-state index contributed by atoms with van der Waals surface area (Å²) in [5.41, 5.74) is 0.184. The van der Waals surface area contributed by atoms with E-state index in [0.29, 0.717) is 5.69 Å². The molecular formula is C12H14FN3O3S. The van der Waals surface area contributed by atoms with Gasteiger partial charge in [-0.3, -0.25) is 4.72 Å². The van der Waals surface area contributed by atoms with Crippen LogP contribution in [0.15, 0.2) is 36.7 Å². The first-order chi connectivity index (χ1) is 9.53. The first kappa shape index (κ1) is 14.5. The predicted molar refractivity (Wildman–Crippen MR) is 72.8 cm³/mol. The minimum absolute atomic E-state index is 0.0287. The Morgan fingerprint density at radius 1 is 1.40 bits per heavy atom. The van der Waals surface area contributed by atoms with Crippen LogP contribution in [0, 0.1) is 5.82 Å². The smallest absolute Gasteiger partial charge is 0.235 e. The van der Waals surface area contributed by atoms with Crippen molar-refractivity contribution in [1.82, 2.24) is 9.78 Å². The van der Waals surface area contributed by atoms with E-state index in [0.717, 1.165) is 0 Å². The molecule has 0 aliphatic rings. The van der Waals surface area contributed by atoms with Gasteiger partial charge in [0.15, 0.2) is 0 Å². The van der Waals surface area contributed by atoms with Gasteiger partial charge in [-0.2, -0.15) is 5.10 Å². The minimum atomic E-state index is -3.69. The first-order valence-electron chi connectivity index (χ1n) is 5.81. The van der Waals surface area contributed by atoms with Gasteiger partial charge in [0.1, 0.15) is 11.5 Å². The van der Waals surface area contributed by atoms with E-state index in [2.05, 4.69) is 9.82 Å². The Kier molecular flexibility index (Phi) is 4.35. The van der Waals surface area contributed by atoms with Crippen LogP contribution in [0.4, 0.5) is 10.1 Å². The van der Waals surface area contributed by atoms with Gasteiger partial charge in [0.2, 0.25) is 10.0 Å². The molecule has 6 nitrogen and oxygen atoms in total. The fraction of sp³-hybridized carbons (Fsp3) is 0.250. The molecule has 0 unspecified atom stereocenters. The quantitative estimate of drug-likeness (QED) is 0.875. The Hall–Kier alpha value is -1.93. The fourth-order valence-corrected chi connectivity index (χ4v) is 2.62. The van der Waals surface area contributed by atoms with E-state index < -0.39 is 15.8 Å². The van der Waals surface area contributed by atoms with E-state index in [4.69, 9.17) is 4.74 Å². The number of nitrogens with one attached hydrogen (secondary N) is 1. The number of aromatic nitrogens is 2. The summed E-state index contributed by atoms with van der Waals surface area (Å²) in [7, 11) is -2.29. The zero-order valence-electron chi connectivity index (χ0n) is 10.8. The van der Waals surface area contributed by atoms with Crippen LogP contribution in [-0.2, 0) is 14.8 Å². The van der Waals surface area contributed by atoms with Crippen LogP contribution in [0.2, 0.25) is 0 Å². The second kappa shape index (κ2) is 6.02. The molecule has 0 aliphatic heterocycles. The highest BCUT2D eigenvalue weighted by Gasteiger charge is 2.17. The average molecular weight is 299 g/mol. The second-order valence-corrected chi connectivity index (χ2v) is 5.84. The van der Waals surface area contributed by atoms with E-state index in [9.17, 15) is 12.8 Å². The van der Waals surface area contributed by atoms with Gasteiger partial charge in [-0.05, 0) is 18.2 Å². The number of hydrogen-bond acceptors (Lipinski definition) is 4. The third-order valence-corrected chi connectivity index (χ3v) is 3.78. The van der Waals surface area contributed by atoms with Gasteiger partial charge in [0.25, 0.3) is 0 Å². The lowest BCUT2D eigenvalue weighted by atomic mass is 10.2. The van der Waals surface area contributed by atoms with E-state index in [-0.39, 0.29) is 18.0 Å². The predicted octanol–water partition coefficient (Wildman–Crippen LogP) is 1.40. The third-order valence-electron chi connectivity index (χ3n) is 2.56. The molecule has 0 spiro atoms. The number of halogens is 1. The molecule has 2 aromatic rings. The van der Waals surface area contributed by atoms with Crippen LogP contribution in [-0.4, -0.2) is 37.7 Å². The maximum absolute atomic E-state index is 13.9. The van der Waals surface area contributed by atoms with Gasteiger partial charge in [-0.15, -0.1) is 0 Å². The second-order valence-electron chi connectivity index (χ2n) is 4.00. The van der Waals surface area contributed by atoms with Crippen LogP contribution in [0.25, 0.3) is 5.69 Å². The van der Waals surface area contributed by atoms with E-state index in [1.165, 1.54) is 30.1 Å². The standard InChI is InChI=1S/C12H14FN3O3S/c1-19-8-9-20(17,18)15-12-10(13)4-2-5-11(12)16-7-3-6-14-16/h2-7,15H,8-9H2,1H3. The topological polar surface area (TPSA) is 73.2 Å². The molecule has 1 N–H and O–H groups in total. The third kappa shape index (κ3) is 3.34. The number of nitrogens with zero attached hydrogens (tertiary/aromatic N) is 2. The number of rotatable bonds is 6. The van der Waals surface area contributed by atoms with Gasteiger partial charge < -0.3 is 4.74 Å². The Balaban J connectivity index is 2.37. The van der Waals surface area contributed by atoms with Crippen molar-refractivity contribution < 1.29 is 17.5 Å². The summed E-state index contributed by atoms with van der Waals surface area (Å²) in [6.45, 7) is 0.0287. The molecule has 0 radical (unpaired) electrons. The van der Waals surface area contributed by atoms with Crippen molar-refractivity contribution in [2.75, 3.05) is 24.2 Å². The number of sulfonamides is 1. The lowest BCUT2D eigenvalue weighted by molar-refractivity contribution is 0.217. The molecule has 0 saturated carbocycles. The van der Waals surface area contributed by atoms with Crippen molar-refractivity contribution >= 4 is 15.7 Å². The number of benzene rings is 1. The normalized spacial score (nSPS) is 11.5. The molecule has 20 heavy (non-hydrogen) atoms. The Bertz CT molecular complexity index is 671. The van der Waals surface area contributed by atoms with Crippen molar-refractivity contribution in [2.45, 2.75) is 0 Å². The van der Waals surface area contributed by atoms with Crippen molar-refractivity contribution in [3.05, 3.63) is 42.5 Å². The van der Waals surface area contributed by atoms with Gasteiger partial charge in [0, 0.05) is 19.5 Å². The first-order valence-corrected chi connectivity index (χ1v) is 7.46. The monoisotopic (exact) mass is 299 g/mol. The van der Waals surface area contributed by atoms with Crippen LogP contribution in [0.1, 0.15) is 0 Å². The summed E-state index contributed by atoms with van der Waals surface area (Å²) < 4.78 is 45.9. The van der Waals surface area contributed by atoms with Gasteiger partial charge in [-0.25, -0.2) is 17.5 Å². The van der Waals surface area contributed by atoms with Crippen molar-refractivity contribution in [3.8, 4) is 5.69 Å². The van der Waals surface area contributed by atoms with Crippen LogP contribution < -0.4 is 4.72 Å². The molecule has 1 aromatic carbocycles. The molecule has 108 valence electrons. The molecule has 0 amide bonds.